The van der Waals surface area contributed by atoms with Crippen molar-refractivity contribution in [2.24, 2.45) is 0 Å². The average molecular weight is 480 g/mol. The van der Waals surface area contributed by atoms with Gasteiger partial charge in [-0.15, -0.1) is 10.2 Å². The van der Waals surface area contributed by atoms with Gasteiger partial charge in [-0.25, -0.2) is 0 Å². The van der Waals surface area contributed by atoms with Crippen molar-refractivity contribution in [1.29, 1.82) is 0 Å². The molecule has 3 aromatic carbocycles. The maximum atomic E-state index is 13.4. The highest BCUT2D eigenvalue weighted by molar-refractivity contribution is 5.80. The van der Waals surface area contributed by atoms with Gasteiger partial charge >= 0.3 is 0 Å². The van der Waals surface area contributed by atoms with Crippen molar-refractivity contribution in [3.8, 4) is 0 Å². The maximum Gasteiger partial charge on any atom is 0.263 e. The number of nitrogens with zero attached hydrogens (tertiary/aromatic N) is 4. The van der Waals surface area contributed by atoms with E-state index in [0.29, 0.717) is 36.5 Å². The lowest BCUT2D eigenvalue weighted by atomic mass is 10.0. The largest absolute Gasteiger partial charge is 0.355 e. The lowest BCUT2D eigenvalue weighted by Crippen LogP contribution is -2.28. The molecule has 2 aromatic heterocycles. The van der Waals surface area contributed by atoms with Crippen LogP contribution in [0, 0.1) is 6.92 Å². The molecule has 1 amide bonds. The molecule has 0 aliphatic heterocycles. The molecule has 5 aromatic rings. The molecule has 0 spiro atoms. The van der Waals surface area contributed by atoms with Gasteiger partial charge in [0.15, 0.2) is 0 Å². The quantitative estimate of drug-likeness (QED) is 0.361. The lowest BCUT2D eigenvalue weighted by Gasteiger charge is -2.13. The second-order valence-electron chi connectivity index (χ2n) is 9.26. The highest BCUT2D eigenvalue weighted by Gasteiger charge is 2.17. The number of nitrogens with one attached hydrogen (secondary N) is 1. The number of carbonyl (C=O) groups is 1. The van der Waals surface area contributed by atoms with E-state index in [9.17, 15) is 9.59 Å². The molecule has 0 aliphatic rings. The van der Waals surface area contributed by atoms with Crippen molar-refractivity contribution in [1.82, 2.24) is 24.5 Å². The van der Waals surface area contributed by atoms with E-state index < -0.39 is 0 Å². The SMILES string of the molecule is Cc1ccc(Cn2c(=O)c3ccccc3n3c(CCC(=O)NC[C@@H](C)c4ccccc4)nnc23)cc1. The van der Waals surface area contributed by atoms with Crippen LogP contribution in [0.5, 0.6) is 0 Å². The predicted molar refractivity (Wildman–Crippen MR) is 141 cm³/mol. The Kier molecular flexibility index (Phi) is 6.62. The summed E-state index contributed by atoms with van der Waals surface area (Å²) >= 11 is 0. The Morgan fingerprint density at radius 2 is 1.67 bits per heavy atom. The molecule has 1 N–H and O–H groups in total. The zero-order valence-electron chi connectivity index (χ0n) is 20.5. The van der Waals surface area contributed by atoms with Crippen molar-refractivity contribution in [3.63, 3.8) is 0 Å². The van der Waals surface area contributed by atoms with E-state index in [1.165, 1.54) is 5.56 Å². The fourth-order valence-corrected chi connectivity index (χ4v) is 4.47. The van der Waals surface area contributed by atoms with Gasteiger partial charge in [0.25, 0.3) is 5.56 Å². The number of carbonyl (C=O) groups excluding carboxylic acids is 1. The fourth-order valence-electron chi connectivity index (χ4n) is 4.47. The summed E-state index contributed by atoms with van der Waals surface area (Å²) in [6.45, 7) is 5.10. The number of rotatable bonds is 8. The summed E-state index contributed by atoms with van der Waals surface area (Å²) in [6, 6.07) is 25.7. The highest BCUT2D eigenvalue weighted by Crippen LogP contribution is 2.17. The maximum absolute atomic E-state index is 13.4. The molecule has 7 nitrogen and oxygen atoms in total. The number of benzene rings is 3. The molecule has 36 heavy (non-hydrogen) atoms. The van der Waals surface area contributed by atoms with Gasteiger partial charge in [-0.3, -0.25) is 18.6 Å². The van der Waals surface area contributed by atoms with Crippen molar-refractivity contribution < 1.29 is 4.79 Å². The van der Waals surface area contributed by atoms with Crippen LogP contribution >= 0.6 is 0 Å². The third-order valence-electron chi connectivity index (χ3n) is 6.59. The van der Waals surface area contributed by atoms with Crippen LogP contribution in [0.1, 0.15) is 41.8 Å². The minimum atomic E-state index is -0.106. The average Bonchev–Trinajstić information content (AvgIpc) is 3.34. The van der Waals surface area contributed by atoms with Gasteiger partial charge < -0.3 is 5.32 Å². The summed E-state index contributed by atoms with van der Waals surface area (Å²) < 4.78 is 3.57. The molecular weight excluding hydrogens is 450 g/mol. The van der Waals surface area contributed by atoms with Gasteiger partial charge in [-0.1, -0.05) is 79.2 Å². The number of hydrogen-bond acceptors (Lipinski definition) is 4. The summed E-state index contributed by atoms with van der Waals surface area (Å²) in [7, 11) is 0. The molecule has 182 valence electrons. The number of amides is 1. The van der Waals surface area contributed by atoms with E-state index in [4.69, 9.17) is 0 Å². The summed E-state index contributed by atoms with van der Waals surface area (Å²) in [5.41, 5.74) is 4.01. The Morgan fingerprint density at radius 3 is 2.44 bits per heavy atom. The number of aromatic nitrogens is 4. The first-order valence-corrected chi connectivity index (χ1v) is 12.2. The van der Waals surface area contributed by atoms with Gasteiger partial charge in [0, 0.05) is 19.4 Å². The zero-order chi connectivity index (χ0) is 25.1. The first-order valence-electron chi connectivity index (χ1n) is 12.2. The monoisotopic (exact) mass is 479 g/mol. The molecule has 0 bridgehead atoms. The first-order chi connectivity index (χ1) is 17.5. The summed E-state index contributed by atoms with van der Waals surface area (Å²) in [5, 5.41) is 12.4. The standard InChI is InChI=1S/C29H29N5O2/c1-20-12-14-22(15-13-20)19-33-28(36)24-10-6-7-11-25(24)34-26(31-32-29(33)34)16-17-27(35)30-18-21(2)23-8-4-3-5-9-23/h3-15,21H,16-19H2,1-2H3,(H,30,35)/t21-/m1/s1. The fraction of sp³-hybridized carbons (Fsp3) is 0.241. The summed E-state index contributed by atoms with van der Waals surface area (Å²) in [6.07, 6.45) is 0.702. The number of fused-ring (bicyclic) bond motifs is 3. The van der Waals surface area contributed by atoms with E-state index in [1.54, 1.807) is 4.57 Å². The van der Waals surface area contributed by atoms with Gasteiger partial charge in [0.2, 0.25) is 11.7 Å². The molecule has 5 rings (SSSR count). The van der Waals surface area contributed by atoms with Gasteiger partial charge in [0.1, 0.15) is 5.82 Å². The normalized spacial score (nSPS) is 12.2. The molecular formula is C29H29N5O2. The van der Waals surface area contributed by atoms with E-state index in [2.05, 4.69) is 34.6 Å². The van der Waals surface area contributed by atoms with Crippen molar-refractivity contribution in [2.75, 3.05) is 6.54 Å². The molecule has 0 saturated carbocycles. The molecule has 0 aliphatic carbocycles. The second kappa shape index (κ2) is 10.2. The number of para-hydroxylation sites is 1. The van der Waals surface area contributed by atoms with Crippen LogP contribution in [-0.2, 0) is 17.8 Å². The Balaban J connectivity index is 1.39. The van der Waals surface area contributed by atoms with Crippen LogP contribution < -0.4 is 10.9 Å². The molecule has 0 saturated heterocycles. The summed E-state index contributed by atoms with van der Waals surface area (Å²) in [5.74, 6) is 1.33. The third kappa shape index (κ3) is 4.77. The van der Waals surface area contributed by atoms with Gasteiger partial charge in [0.05, 0.1) is 17.4 Å². The molecule has 0 radical (unpaired) electrons. The molecule has 0 fully saturated rings. The van der Waals surface area contributed by atoms with Crippen LogP contribution in [-0.4, -0.2) is 31.6 Å². The van der Waals surface area contributed by atoms with Crippen LogP contribution in [0.25, 0.3) is 16.7 Å². The van der Waals surface area contributed by atoms with Crippen molar-refractivity contribution in [2.45, 2.75) is 39.2 Å². The third-order valence-corrected chi connectivity index (χ3v) is 6.59. The van der Waals surface area contributed by atoms with Crippen LogP contribution in [0.4, 0.5) is 0 Å². The minimum Gasteiger partial charge on any atom is -0.355 e. The predicted octanol–water partition coefficient (Wildman–Crippen LogP) is 4.25. The van der Waals surface area contributed by atoms with E-state index in [0.717, 1.165) is 16.6 Å². The van der Waals surface area contributed by atoms with Crippen LogP contribution in [0.3, 0.4) is 0 Å². The molecule has 1 atom stereocenters. The van der Waals surface area contributed by atoms with Crippen molar-refractivity contribution in [3.05, 3.63) is 112 Å². The number of hydrogen-bond donors (Lipinski definition) is 1. The van der Waals surface area contributed by atoms with Crippen molar-refractivity contribution >= 4 is 22.6 Å². The van der Waals surface area contributed by atoms with Crippen LogP contribution in [0.2, 0.25) is 0 Å². The van der Waals surface area contributed by atoms with E-state index >= 15 is 0 Å². The van der Waals surface area contributed by atoms with E-state index in [-0.39, 0.29) is 23.8 Å². The van der Waals surface area contributed by atoms with Gasteiger partial charge in [-0.05, 0) is 36.1 Å². The first kappa shape index (κ1) is 23.5. The topological polar surface area (TPSA) is 81.3 Å². The lowest BCUT2D eigenvalue weighted by molar-refractivity contribution is -0.121. The Bertz CT molecular complexity index is 1570. The zero-order valence-corrected chi connectivity index (χ0v) is 20.5. The highest BCUT2D eigenvalue weighted by atomic mass is 16.1. The second-order valence-corrected chi connectivity index (χ2v) is 9.26. The minimum absolute atomic E-state index is 0.0354. The Hall–Kier alpha value is -4.26. The van der Waals surface area contributed by atoms with Crippen LogP contribution in [0.15, 0.2) is 83.7 Å². The Labute approximate surface area is 209 Å². The van der Waals surface area contributed by atoms with Gasteiger partial charge in [-0.2, -0.15) is 0 Å². The molecule has 0 unspecified atom stereocenters. The summed E-state index contributed by atoms with van der Waals surface area (Å²) in [4.78, 5) is 26.0. The Morgan fingerprint density at radius 1 is 0.944 bits per heavy atom. The number of aryl methyl sites for hydroxylation is 2. The smallest absolute Gasteiger partial charge is 0.263 e. The molecule has 7 heteroatoms. The molecule has 2 heterocycles. The van der Waals surface area contributed by atoms with E-state index in [1.807, 2.05) is 78.1 Å².